The van der Waals surface area contributed by atoms with E-state index in [-0.39, 0.29) is 36.7 Å². The summed E-state index contributed by atoms with van der Waals surface area (Å²) < 4.78 is 32.5. The number of fused-ring (bicyclic) bond motifs is 3. The van der Waals surface area contributed by atoms with Crippen LogP contribution < -0.4 is 4.74 Å². The highest BCUT2D eigenvalue weighted by Gasteiger charge is 2.48. The highest BCUT2D eigenvalue weighted by molar-refractivity contribution is 9.10. The minimum absolute atomic E-state index is 0.0220. The maximum atomic E-state index is 14.6. The maximum absolute atomic E-state index is 14.6. The largest absolute Gasteiger partial charge is 0.456 e. The van der Waals surface area contributed by atoms with Gasteiger partial charge in [-0.1, -0.05) is 27.5 Å². The number of aromatic amines is 1. The van der Waals surface area contributed by atoms with Crippen LogP contribution in [0.25, 0.3) is 11.2 Å². The lowest BCUT2D eigenvalue weighted by Crippen LogP contribution is -2.34. The van der Waals surface area contributed by atoms with Gasteiger partial charge in [-0.05, 0) is 54.5 Å². The first kappa shape index (κ1) is 20.8. The quantitative estimate of drug-likeness (QED) is 0.541. The summed E-state index contributed by atoms with van der Waals surface area (Å²) in [4.78, 5) is 12.2. The predicted molar refractivity (Wildman–Crippen MR) is 118 cm³/mol. The number of rotatable bonds is 4. The predicted octanol–water partition coefficient (Wildman–Crippen LogP) is 3.69. The molecule has 0 radical (unpaired) electrons. The highest BCUT2D eigenvalue weighted by atomic mass is 79.9. The van der Waals surface area contributed by atoms with E-state index in [2.05, 4.69) is 30.9 Å². The molecule has 1 aromatic carbocycles. The number of pyridine rings is 1. The molecule has 2 aliphatic heterocycles. The normalized spacial score (nSPS) is 28.9. The molecule has 32 heavy (non-hydrogen) atoms. The van der Waals surface area contributed by atoms with Crippen LogP contribution in [0.4, 0.5) is 4.39 Å². The molecule has 10 heteroatoms. The Morgan fingerprint density at radius 1 is 1.22 bits per heavy atom. The van der Waals surface area contributed by atoms with Gasteiger partial charge in [0.2, 0.25) is 0 Å². The second kappa shape index (κ2) is 7.92. The molecular formula is C22H20BrClFN3O4. The van der Waals surface area contributed by atoms with Gasteiger partial charge in [0, 0.05) is 4.47 Å². The second-order valence-electron chi connectivity index (χ2n) is 8.55. The van der Waals surface area contributed by atoms with Crippen LogP contribution in [0, 0.1) is 5.82 Å². The maximum Gasteiger partial charge on any atom is 0.296 e. The van der Waals surface area contributed by atoms with E-state index < -0.39 is 6.10 Å². The zero-order valence-electron chi connectivity index (χ0n) is 16.9. The zero-order valence-corrected chi connectivity index (χ0v) is 19.2. The fourth-order valence-electron chi connectivity index (χ4n) is 5.03. The summed E-state index contributed by atoms with van der Waals surface area (Å²) >= 11 is 9.89. The van der Waals surface area contributed by atoms with Gasteiger partial charge in [-0.25, -0.2) is 9.37 Å². The molecule has 0 spiro atoms. The average Bonchev–Trinajstić information content (AvgIpc) is 3.49. The molecule has 3 aliphatic rings. The standard InChI is InChI=1S/C22H20BrClFN3O4/c23-11-3-9-1-2-10(18(9)13(25)5-11)4-14-12(24)6-15-21(26-14)28-22(27-15)32-17-8-31-19-16(29)7-30-20(17)19/h3,5-6,10,16-17,19-20,29H,1-2,4,7-8H2,(H,26,27,28)/t10-,16-,17-,19-,20-/m1/s1. The minimum Gasteiger partial charge on any atom is -0.456 e. The smallest absolute Gasteiger partial charge is 0.296 e. The number of nitrogens with zero attached hydrogens (tertiary/aromatic N) is 2. The third-order valence-electron chi connectivity index (χ3n) is 6.51. The van der Waals surface area contributed by atoms with Gasteiger partial charge in [0.1, 0.15) is 24.1 Å². The Balaban J connectivity index is 1.23. The SMILES string of the molecule is O[C@@H]1CO[C@H]2[C@@H]1OC[C@H]2Oc1nc2nc(C[C@H]3CCc4cc(Br)cc(F)c43)c(Cl)cc2[nH]1. The summed E-state index contributed by atoms with van der Waals surface area (Å²) in [5.74, 6) is -0.172. The van der Waals surface area contributed by atoms with Crippen molar-refractivity contribution in [1.82, 2.24) is 15.0 Å². The number of halogens is 3. The van der Waals surface area contributed by atoms with Crippen molar-refractivity contribution < 1.29 is 23.7 Å². The van der Waals surface area contributed by atoms with Crippen LogP contribution in [0.5, 0.6) is 6.01 Å². The van der Waals surface area contributed by atoms with Crippen molar-refractivity contribution in [3.63, 3.8) is 0 Å². The molecule has 2 fully saturated rings. The van der Waals surface area contributed by atoms with E-state index in [0.29, 0.717) is 40.9 Å². The summed E-state index contributed by atoms with van der Waals surface area (Å²) in [5.41, 5.74) is 3.61. The first-order chi connectivity index (χ1) is 15.5. The van der Waals surface area contributed by atoms with Gasteiger partial charge in [-0.15, -0.1) is 0 Å². The topological polar surface area (TPSA) is 89.5 Å². The van der Waals surface area contributed by atoms with Crippen LogP contribution in [0.2, 0.25) is 5.02 Å². The third-order valence-corrected chi connectivity index (χ3v) is 7.30. The second-order valence-corrected chi connectivity index (χ2v) is 9.87. The van der Waals surface area contributed by atoms with Crippen molar-refractivity contribution in [3.05, 3.63) is 50.3 Å². The molecule has 0 bridgehead atoms. The van der Waals surface area contributed by atoms with Crippen LogP contribution in [0.3, 0.4) is 0 Å². The number of hydrogen-bond donors (Lipinski definition) is 2. The van der Waals surface area contributed by atoms with E-state index >= 15 is 0 Å². The van der Waals surface area contributed by atoms with Gasteiger partial charge < -0.3 is 24.3 Å². The third kappa shape index (κ3) is 3.51. The number of aliphatic hydroxyl groups is 1. The molecule has 2 aromatic heterocycles. The van der Waals surface area contributed by atoms with Crippen molar-refractivity contribution in [2.24, 2.45) is 0 Å². The Bertz CT molecular complexity index is 1210. The number of ether oxygens (including phenoxy) is 3. The number of benzene rings is 1. The Kier molecular flexibility index (Phi) is 5.15. The van der Waals surface area contributed by atoms with Gasteiger partial charge in [0.15, 0.2) is 11.8 Å². The Morgan fingerprint density at radius 3 is 2.94 bits per heavy atom. The summed E-state index contributed by atoms with van der Waals surface area (Å²) in [6.45, 7) is 0.545. The van der Waals surface area contributed by atoms with Gasteiger partial charge in [0.05, 0.1) is 29.4 Å². The van der Waals surface area contributed by atoms with E-state index in [1.807, 2.05) is 6.07 Å². The molecule has 7 nitrogen and oxygen atoms in total. The van der Waals surface area contributed by atoms with E-state index in [9.17, 15) is 9.50 Å². The van der Waals surface area contributed by atoms with Crippen molar-refractivity contribution in [1.29, 1.82) is 0 Å². The van der Waals surface area contributed by atoms with Gasteiger partial charge in [-0.3, -0.25) is 0 Å². The monoisotopic (exact) mass is 523 g/mol. The van der Waals surface area contributed by atoms with E-state index in [1.165, 1.54) is 6.07 Å². The summed E-state index contributed by atoms with van der Waals surface area (Å²) in [6.07, 6.45) is 0.503. The number of aliphatic hydroxyl groups excluding tert-OH is 1. The highest BCUT2D eigenvalue weighted by Crippen LogP contribution is 2.40. The van der Waals surface area contributed by atoms with Crippen LogP contribution in [-0.4, -0.2) is 57.7 Å². The molecule has 1 aliphatic carbocycles. The van der Waals surface area contributed by atoms with Crippen molar-refractivity contribution in [3.8, 4) is 6.01 Å². The Morgan fingerprint density at radius 2 is 2.06 bits per heavy atom. The first-order valence-corrected chi connectivity index (χ1v) is 11.7. The van der Waals surface area contributed by atoms with Gasteiger partial charge in [0.25, 0.3) is 6.01 Å². The first-order valence-electron chi connectivity index (χ1n) is 10.6. The molecule has 5 atom stereocenters. The molecule has 2 N–H and O–H groups in total. The minimum atomic E-state index is -0.640. The van der Waals surface area contributed by atoms with E-state index in [0.717, 1.165) is 28.4 Å². The van der Waals surface area contributed by atoms with Gasteiger partial charge >= 0.3 is 0 Å². The molecule has 6 rings (SSSR count). The molecule has 2 saturated heterocycles. The summed E-state index contributed by atoms with van der Waals surface area (Å²) in [7, 11) is 0. The number of aryl methyl sites for hydroxylation is 1. The van der Waals surface area contributed by atoms with Crippen LogP contribution in [-0.2, 0) is 22.3 Å². The molecule has 168 valence electrons. The van der Waals surface area contributed by atoms with Crippen molar-refractivity contribution in [2.75, 3.05) is 13.2 Å². The fraction of sp³-hybridized carbons (Fsp3) is 0.455. The lowest BCUT2D eigenvalue weighted by molar-refractivity contribution is 0.00706. The van der Waals surface area contributed by atoms with Crippen molar-refractivity contribution >= 4 is 38.7 Å². The summed E-state index contributed by atoms with van der Waals surface area (Å²) in [6, 6.07) is 5.56. The molecule has 0 saturated carbocycles. The molecule has 4 heterocycles. The fourth-order valence-corrected chi connectivity index (χ4v) is 5.74. The van der Waals surface area contributed by atoms with Crippen molar-refractivity contribution in [2.45, 2.75) is 49.6 Å². The zero-order chi connectivity index (χ0) is 22.0. The number of hydrogen-bond acceptors (Lipinski definition) is 6. The lowest BCUT2D eigenvalue weighted by Gasteiger charge is -2.15. The Hall–Kier alpha value is -1.78. The van der Waals surface area contributed by atoms with Gasteiger partial charge in [-0.2, -0.15) is 4.98 Å². The number of aromatic nitrogens is 3. The van der Waals surface area contributed by atoms with Crippen LogP contribution in [0.1, 0.15) is 29.2 Å². The number of nitrogens with one attached hydrogen (secondary N) is 1. The average molecular weight is 525 g/mol. The molecule has 0 unspecified atom stereocenters. The Labute approximate surface area is 196 Å². The van der Waals surface area contributed by atoms with Crippen LogP contribution in [0.15, 0.2) is 22.7 Å². The van der Waals surface area contributed by atoms with E-state index in [4.69, 9.17) is 25.8 Å². The number of imidazole rings is 1. The molecule has 3 aromatic rings. The molecule has 0 amide bonds. The summed E-state index contributed by atoms with van der Waals surface area (Å²) in [5, 5.41) is 10.4. The lowest BCUT2D eigenvalue weighted by atomic mass is 9.95. The van der Waals surface area contributed by atoms with Crippen LogP contribution >= 0.6 is 27.5 Å². The number of H-pyrrole nitrogens is 1. The molecular weight excluding hydrogens is 505 g/mol. The van der Waals surface area contributed by atoms with E-state index in [1.54, 1.807) is 6.07 Å².